The molecule has 0 aliphatic heterocycles. The molecule has 1 atom stereocenters. The van der Waals surface area contributed by atoms with Gasteiger partial charge in [-0.2, -0.15) is 0 Å². The maximum Gasteiger partial charge on any atom is 0.194 e. The molecular weight excluding hydrogens is 248 g/mol. The summed E-state index contributed by atoms with van der Waals surface area (Å²) in [7, 11) is 0. The average Bonchev–Trinajstić information content (AvgIpc) is 2.74. The number of hydrogen-bond donors (Lipinski definition) is 1. The van der Waals surface area contributed by atoms with Crippen molar-refractivity contribution in [3.63, 3.8) is 0 Å². The summed E-state index contributed by atoms with van der Waals surface area (Å²) < 4.78 is 5.84. The van der Waals surface area contributed by atoms with Crippen molar-refractivity contribution in [2.24, 2.45) is 11.3 Å². The molecule has 0 spiro atoms. The third-order valence-electron chi connectivity index (χ3n) is 3.28. The van der Waals surface area contributed by atoms with Crippen molar-refractivity contribution < 1.29 is 4.42 Å². The topological polar surface area (TPSA) is 38.1 Å². The van der Waals surface area contributed by atoms with Crippen LogP contribution in [0.3, 0.4) is 0 Å². The fourth-order valence-corrected chi connectivity index (χ4v) is 2.69. The first kappa shape index (κ1) is 17.2. The molecule has 0 radical (unpaired) electrons. The van der Waals surface area contributed by atoms with Gasteiger partial charge in [-0.05, 0) is 43.7 Å². The van der Waals surface area contributed by atoms with Gasteiger partial charge >= 0.3 is 0 Å². The fourth-order valence-electron chi connectivity index (χ4n) is 2.69. The van der Waals surface area contributed by atoms with E-state index in [0.29, 0.717) is 11.3 Å². The number of nitrogens with zero attached hydrogens (tertiary/aromatic N) is 1. The van der Waals surface area contributed by atoms with Gasteiger partial charge in [0.2, 0.25) is 0 Å². The Morgan fingerprint density at radius 3 is 2.70 bits per heavy atom. The van der Waals surface area contributed by atoms with Crippen LogP contribution in [0, 0.1) is 11.3 Å². The zero-order valence-corrected chi connectivity index (χ0v) is 14.0. The zero-order valence-electron chi connectivity index (χ0n) is 14.0. The summed E-state index contributed by atoms with van der Waals surface area (Å²) in [6.45, 7) is 13.5. The molecular formula is C17H32N2O. The first-order chi connectivity index (χ1) is 9.40. The Balaban J connectivity index is 2.28. The zero-order chi connectivity index (χ0) is 15.0. The van der Waals surface area contributed by atoms with Crippen molar-refractivity contribution in [3.8, 4) is 0 Å². The summed E-state index contributed by atoms with van der Waals surface area (Å²) in [6.07, 6.45) is 7.34. The van der Waals surface area contributed by atoms with Gasteiger partial charge in [-0.25, -0.2) is 4.98 Å². The van der Waals surface area contributed by atoms with Crippen LogP contribution >= 0.6 is 0 Å². The first-order valence-electron chi connectivity index (χ1n) is 8.05. The predicted octanol–water partition coefficient (Wildman–Crippen LogP) is 4.22. The molecule has 0 bridgehead atoms. The van der Waals surface area contributed by atoms with Crippen LogP contribution in [0.1, 0.15) is 65.5 Å². The number of rotatable bonds is 9. The van der Waals surface area contributed by atoms with E-state index in [0.717, 1.165) is 44.0 Å². The molecule has 1 N–H and O–H groups in total. The molecule has 116 valence electrons. The molecule has 20 heavy (non-hydrogen) atoms. The van der Waals surface area contributed by atoms with Crippen LogP contribution < -0.4 is 5.32 Å². The second-order valence-corrected chi connectivity index (χ2v) is 7.15. The van der Waals surface area contributed by atoms with Gasteiger partial charge in [0.25, 0.3) is 0 Å². The monoisotopic (exact) mass is 280 g/mol. The van der Waals surface area contributed by atoms with Crippen molar-refractivity contribution in [3.05, 3.63) is 17.8 Å². The maximum absolute atomic E-state index is 5.84. The van der Waals surface area contributed by atoms with Crippen molar-refractivity contribution in [1.29, 1.82) is 0 Å². The van der Waals surface area contributed by atoms with E-state index in [1.165, 1.54) is 12.8 Å². The van der Waals surface area contributed by atoms with Crippen LogP contribution in [0.25, 0.3) is 0 Å². The van der Waals surface area contributed by atoms with Crippen LogP contribution in [-0.4, -0.2) is 18.1 Å². The molecule has 0 saturated heterocycles. The Morgan fingerprint density at radius 1 is 1.30 bits per heavy atom. The minimum atomic E-state index is 0.382. The van der Waals surface area contributed by atoms with Crippen LogP contribution in [0.5, 0.6) is 0 Å². The first-order valence-corrected chi connectivity index (χ1v) is 8.05. The molecule has 0 aliphatic rings. The van der Waals surface area contributed by atoms with Crippen LogP contribution in [-0.2, 0) is 12.8 Å². The highest BCUT2D eigenvalue weighted by Crippen LogP contribution is 2.26. The van der Waals surface area contributed by atoms with Crippen LogP contribution in [0.15, 0.2) is 10.6 Å². The summed E-state index contributed by atoms with van der Waals surface area (Å²) in [6, 6.07) is 0. The van der Waals surface area contributed by atoms with Gasteiger partial charge in [0, 0.05) is 12.8 Å². The Hall–Kier alpha value is -0.830. The lowest BCUT2D eigenvalue weighted by Gasteiger charge is -2.22. The minimum Gasteiger partial charge on any atom is -0.446 e. The molecule has 3 heteroatoms. The number of oxazole rings is 1. The van der Waals surface area contributed by atoms with E-state index in [-0.39, 0.29) is 0 Å². The number of aromatic nitrogens is 1. The second kappa shape index (κ2) is 8.46. The Morgan fingerprint density at radius 2 is 2.05 bits per heavy atom. The Kier molecular flexibility index (Phi) is 7.28. The second-order valence-electron chi connectivity index (χ2n) is 7.15. The van der Waals surface area contributed by atoms with Gasteiger partial charge in [-0.1, -0.05) is 34.6 Å². The third kappa shape index (κ3) is 7.68. The van der Waals surface area contributed by atoms with Gasteiger partial charge in [0.1, 0.15) is 5.76 Å². The van der Waals surface area contributed by atoms with Crippen molar-refractivity contribution in [1.82, 2.24) is 10.3 Å². The normalized spacial score (nSPS) is 13.7. The summed E-state index contributed by atoms with van der Waals surface area (Å²) in [5.74, 6) is 2.57. The average molecular weight is 280 g/mol. The maximum atomic E-state index is 5.84. The summed E-state index contributed by atoms with van der Waals surface area (Å²) in [4.78, 5) is 4.39. The van der Waals surface area contributed by atoms with Crippen LogP contribution in [0.4, 0.5) is 0 Å². The standard InChI is InChI=1S/C17H32N2O/c1-6-9-18-10-7-8-16-19-13-15(20-16)11-14(2)12-17(3,4)5/h13-14,18H,6-12H2,1-5H3. The van der Waals surface area contributed by atoms with Gasteiger partial charge in [0.05, 0.1) is 6.20 Å². The molecule has 0 saturated carbocycles. The van der Waals surface area contributed by atoms with Gasteiger partial charge in [-0.15, -0.1) is 0 Å². The lowest BCUT2D eigenvalue weighted by molar-refractivity contribution is 0.294. The Labute approximate surface area is 124 Å². The summed E-state index contributed by atoms with van der Waals surface area (Å²) >= 11 is 0. The van der Waals surface area contributed by atoms with Crippen LogP contribution in [0.2, 0.25) is 0 Å². The molecule has 0 aromatic carbocycles. The SMILES string of the molecule is CCCNCCCc1ncc(CC(C)CC(C)(C)C)o1. The van der Waals surface area contributed by atoms with Crippen molar-refractivity contribution >= 4 is 0 Å². The van der Waals surface area contributed by atoms with Crippen molar-refractivity contribution in [2.75, 3.05) is 13.1 Å². The highest BCUT2D eigenvalue weighted by Gasteiger charge is 2.17. The van der Waals surface area contributed by atoms with E-state index in [9.17, 15) is 0 Å². The quantitative estimate of drug-likeness (QED) is 0.688. The summed E-state index contributed by atoms with van der Waals surface area (Å²) in [5, 5.41) is 3.40. The molecule has 0 fully saturated rings. The summed E-state index contributed by atoms with van der Waals surface area (Å²) in [5.41, 5.74) is 0.382. The number of nitrogens with one attached hydrogen (secondary N) is 1. The smallest absolute Gasteiger partial charge is 0.194 e. The van der Waals surface area contributed by atoms with Gasteiger partial charge in [-0.3, -0.25) is 0 Å². The lowest BCUT2D eigenvalue weighted by Crippen LogP contribution is -2.16. The molecule has 1 aromatic rings. The molecule has 1 heterocycles. The van der Waals surface area contributed by atoms with E-state index in [2.05, 4.69) is 44.9 Å². The molecule has 1 aromatic heterocycles. The number of hydrogen-bond acceptors (Lipinski definition) is 3. The third-order valence-corrected chi connectivity index (χ3v) is 3.28. The predicted molar refractivity (Wildman–Crippen MR) is 84.9 cm³/mol. The van der Waals surface area contributed by atoms with E-state index in [1.807, 2.05) is 6.20 Å². The van der Waals surface area contributed by atoms with Gasteiger partial charge in [0.15, 0.2) is 5.89 Å². The molecule has 0 aliphatic carbocycles. The van der Waals surface area contributed by atoms with E-state index >= 15 is 0 Å². The fraction of sp³-hybridized carbons (Fsp3) is 0.824. The Bertz CT molecular complexity index is 365. The molecule has 3 nitrogen and oxygen atoms in total. The number of aryl methyl sites for hydroxylation is 1. The molecule has 0 amide bonds. The van der Waals surface area contributed by atoms with E-state index < -0.39 is 0 Å². The molecule has 1 unspecified atom stereocenters. The largest absolute Gasteiger partial charge is 0.446 e. The highest BCUT2D eigenvalue weighted by atomic mass is 16.4. The lowest BCUT2D eigenvalue weighted by atomic mass is 9.84. The highest BCUT2D eigenvalue weighted by molar-refractivity contribution is 4.96. The van der Waals surface area contributed by atoms with Gasteiger partial charge < -0.3 is 9.73 Å². The van der Waals surface area contributed by atoms with E-state index in [1.54, 1.807) is 0 Å². The molecule has 1 rings (SSSR count). The minimum absolute atomic E-state index is 0.382. The van der Waals surface area contributed by atoms with E-state index in [4.69, 9.17) is 4.42 Å². The van der Waals surface area contributed by atoms with Crippen molar-refractivity contribution in [2.45, 2.75) is 66.7 Å².